The Morgan fingerprint density at radius 2 is 2.21 bits per heavy atom. The van der Waals surface area contributed by atoms with Gasteiger partial charge in [-0.3, -0.25) is 9.36 Å². The molecule has 0 fully saturated rings. The van der Waals surface area contributed by atoms with Gasteiger partial charge >= 0.3 is 0 Å². The molecule has 68 valence electrons. The Morgan fingerprint density at radius 3 is 3.07 bits per heavy atom. The van der Waals surface area contributed by atoms with Crippen LogP contribution in [0.1, 0.15) is 16.2 Å². The Bertz CT molecular complexity index is 545. The van der Waals surface area contributed by atoms with Crippen LogP contribution in [-0.2, 0) is 0 Å². The highest BCUT2D eigenvalue weighted by Crippen LogP contribution is 2.28. The predicted octanol–water partition coefficient (Wildman–Crippen LogP) is 2.07. The number of hydrogen-bond acceptors (Lipinski definition) is 2. The van der Waals surface area contributed by atoms with Crippen LogP contribution in [0.5, 0.6) is 0 Å². The van der Waals surface area contributed by atoms with Gasteiger partial charge in [-0.1, -0.05) is 11.6 Å². The first-order chi connectivity index (χ1) is 6.77. The molecule has 2 heterocycles. The molecule has 0 amide bonds. The van der Waals surface area contributed by atoms with E-state index in [1.165, 1.54) is 0 Å². The number of carbonyl (C=O) groups is 1. The highest BCUT2D eigenvalue weighted by Gasteiger charge is 2.27. The second-order valence-electron chi connectivity index (χ2n) is 3.11. The fraction of sp³-hybridized carbons (Fsp3) is 0. The first-order valence-corrected chi connectivity index (χ1v) is 4.53. The van der Waals surface area contributed by atoms with E-state index in [0.717, 1.165) is 5.69 Å². The summed E-state index contributed by atoms with van der Waals surface area (Å²) in [6.07, 6.45) is 3.37. The maximum Gasteiger partial charge on any atom is 0.230 e. The molecular weight excluding hydrogens is 200 g/mol. The molecule has 1 aromatic heterocycles. The first-order valence-electron chi connectivity index (χ1n) is 4.15. The zero-order valence-electron chi connectivity index (χ0n) is 7.07. The summed E-state index contributed by atoms with van der Waals surface area (Å²) < 4.78 is 1.75. The third-order valence-electron chi connectivity index (χ3n) is 2.31. The van der Waals surface area contributed by atoms with Crippen LogP contribution in [0.25, 0.3) is 5.69 Å². The number of nitrogens with zero attached hydrogens (tertiary/aromatic N) is 2. The monoisotopic (exact) mass is 204 g/mol. The van der Waals surface area contributed by atoms with Gasteiger partial charge in [-0.25, -0.2) is 4.98 Å². The van der Waals surface area contributed by atoms with E-state index in [1.807, 2.05) is 0 Å². The van der Waals surface area contributed by atoms with Gasteiger partial charge < -0.3 is 0 Å². The maximum atomic E-state index is 11.7. The van der Waals surface area contributed by atoms with Gasteiger partial charge in [-0.05, 0) is 18.2 Å². The number of aromatic nitrogens is 2. The second kappa shape index (κ2) is 2.45. The normalized spacial score (nSPS) is 12.8. The van der Waals surface area contributed by atoms with Crippen LogP contribution < -0.4 is 0 Å². The van der Waals surface area contributed by atoms with Gasteiger partial charge in [0.25, 0.3) is 0 Å². The Kier molecular flexibility index (Phi) is 1.36. The molecule has 0 bridgehead atoms. The number of fused-ring (bicyclic) bond motifs is 3. The van der Waals surface area contributed by atoms with Crippen LogP contribution in [0.4, 0.5) is 0 Å². The van der Waals surface area contributed by atoms with Crippen molar-refractivity contribution >= 4 is 17.4 Å². The number of rotatable bonds is 0. The molecule has 1 aromatic carbocycles. The van der Waals surface area contributed by atoms with Gasteiger partial charge in [0.05, 0.1) is 11.3 Å². The molecule has 0 saturated heterocycles. The summed E-state index contributed by atoms with van der Waals surface area (Å²) >= 11 is 5.86. The topological polar surface area (TPSA) is 34.9 Å². The number of halogens is 1. The molecule has 0 N–H and O–H groups in total. The first kappa shape index (κ1) is 7.76. The SMILES string of the molecule is O=C1c2ccc(Cl)cc2-n2ccnc21. The standard InChI is InChI=1S/C10H5ClN2O/c11-6-1-2-7-8(5-6)13-4-3-12-10(13)9(7)14/h1-5H. The lowest BCUT2D eigenvalue weighted by Gasteiger charge is -1.99. The van der Waals surface area contributed by atoms with Crippen molar-refractivity contribution in [2.24, 2.45) is 0 Å². The smallest absolute Gasteiger partial charge is 0.230 e. The van der Waals surface area contributed by atoms with Crippen molar-refractivity contribution in [3.63, 3.8) is 0 Å². The molecule has 1 aliphatic rings. The van der Waals surface area contributed by atoms with E-state index in [1.54, 1.807) is 35.2 Å². The average molecular weight is 205 g/mol. The zero-order valence-corrected chi connectivity index (χ0v) is 7.82. The lowest BCUT2D eigenvalue weighted by Crippen LogP contribution is -1.96. The van der Waals surface area contributed by atoms with Gasteiger partial charge in [0.15, 0.2) is 5.82 Å². The predicted molar refractivity (Wildman–Crippen MR) is 52.0 cm³/mol. The molecule has 0 atom stereocenters. The molecule has 0 aliphatic carbocycles. The number of benzene rings is 1. The fourth-order valence-corrected chi connectivity index (χ4v) is 1.85. The fourth-order valence-electron chi connectivity index (χ4n) is 1.68. The van der Waals surface area contributed by atoms with Crippen LogP contribution in [-0.4, -0.2) is 15.3 Å². The van der Waals surface area contributed by atoms with E-state index in [4.69, 9.17) is 11.6 Å². The molecule has 14 heavy (non-hydrogen) atoms. The molecule has 0 unspecified atom stereocenters. The molecule has 2 aromatic rings. The molecule has 0 radical (unpaired) electrons. The van der Waals surface area contributed by atoms with E-state index < -0.39 is 0 Å². The lowest BCUT2D eigenvalue weighted by atomic mass is 10.1. The van der Waals surface area contributed by atoms with Gasteiger partial charge in [-0.2, -0.15) is 0 Å². The van der Waals surface area contributed by atoms with Crippen molar-refractivity contribution in [1.29, 1.82) is 0 Å². The third kappa shape index (κ3) is 0.822. The van der Waals surface area contributed by atoms with Crippen molar-refractivity contribution in [1.82, 2.24) is 9.55 Å². The number of ketones is 1. The van der Waals surface area contributed by atoms with Crippen molar-refractivity contribution in [3.8, 4) is 5.69 Å². The van der Waals surface area contributed by atoms with Gasteiger partial charge in [0.2, 0.25) is 5.78 Å². The number of imidazole rings is 1. The van der Waals surface area contributed by atoms with E-state index in [2.05, 4.69) is 4.98 Å². The molecule has 0 spiro atoms. The largest absolute Gasteiger partial charge is 0.296 e. The second-order valence-corrected chi connectivity index (χ2v) is 3.55. The number of hydrogen-bond donors (Lipinski definition) is 0. The van der Waals surface area contributed by atoms with Gasteiger partial charge in [0, 0.05) is 17.4 Å². The summed E-state index contributed by atoms with van der Waals surface area (Å²) in [6, 6.07) is 5.21. The third-order valence-corrected chi connectivity index (χ3v) is 2.54. The van der Waals surface area contributed by atoms with E-state index in [9.17, 15) is 4.79 Å². The van der Waals surface area contributed by atoms with Crippen molar-refractivity contribution in [2.75, 3.05) is 0 Å². The van der Waals surface area contributed by atoms with E-state index >= 15 is 0 Å². The van der Waals surface area contributed by atoms with Gasteiger partial charge in [0.1, 0.15) is 0 Å². The summed E-state index contributed by atoms with van der Waals surface area (Å²) in [6.45, 7) is 0. The summed E-state index contributed by atoms with van der Waals surface area (Å²) in [7, 11) is 0. The summed E-state index contributed by atoms with van der Waals surface area (Å²) in [5.41, 5.74) is 1.48. The minimum atomic E-state index is -0.0401. The lowest BCUT2D eigenvalue weighted by molar-refractivity contribution is 0.103. The molecular formula is C10H5ClN2O. The van der Waals surface area contributed by atoms with Crippen LogP contribution in [0.3, 0.4) is 0 Å². The van der Waals surface area contributed by atoms with Crippen LogP contribution in [0.15, 0.2) is 30.6 Å². The highest BCUT2D eigenvalue weighted by molar-refractivity contribution is 6.31. The molecule has 3 nitrogen and oxygen atoms in total. The van der Waals surface area contributed by atoms with Crippen molar-refractivity contribution < 1.29 is 4.79 Å². The average Bonchev–Trinajstić information content (AvgIpc) is 2.71. The Labute approximate surface area is 85.0 Å². The molecule has 1 aliphatic heterocycles. The van der Waals surface area contributed by atoms with Gasteiger partial charge in [-0.15, -0.1) is 0 Å². The van der Waals surface area contributed by atoms with Crippen LogP contribution in [0.2, 0.25) is 5.02 Å². The summed E-state index contributed by atoms with van der Waals surface area (Å²) in [4.78, 5) is 15.7. The minimum absolute atomic E-state index is 0.0401. The highest BCUT2D eigenvalue weighted by atomic mass is 35.5. The quantitative estimate of drug-likeness (QED) is 0.562. The number of carbonyl (C=O) groups excluding carboxylic acids is 1. The Morgan fingerprint density at radius 1 is 1.36 bits per heavy atom. The summed E-state index contributed by atoms with van der Waals surface area (Å²) in [5.74, 6) is 0.420. The summed E-state index contributed by atoms with van der Waals surface area (Å²) in [5, 5.41) is 0.623. The van der Waals surface area contributed by atoms with E-state index in [-0.39, 0.29) is 5.78 Å². The van der Waals surface area contributed by atoms with Crippen molar-refractivity contribution in [3.05, 3.63) is 47.0 Å². The minimum Gasteiger partial charge on any atom is -0.296 e. The van der Waals surface area contributed by atoms with E-state index in [0.29, 0.717) is 16.4 Å². The van der Waals surface area contributed by atoms with Crippen molar-refractivity contribution in [2.45, 2.75) is 0 Å². The Hall–Kier alpha value is -1.61. The zero-order chi connectivity index (χ0) is 9.71. The maximum absolute atomic E-state index is 11.7. The Balaban J connectivity index is 2.40. The molecule has 0 saturated carbocycles. The molecule has 3 rings (SSSR count). The van der Waals surface area contributed by atoms with Crippen LogP contribution >= 0.6 is 11.6 Å². The molecule has 4 heteroatoms. The van der Waals surface area contributed by atoms with Crippen LogP contribution in [0, 0.1) is 0 Å².